The van der Waals surface area contributed by atoms with Crippen molar-refractivity contribution in [1.82, 2.24) is 0 Å². The average Bonchev–Trinajstić information content (AvgIpc) is 2.38. The zero-order valence-electron chi connectivity index (χ0n) is 10.4. The second kappa shape index (κ2) is 5.02. The minimum atomic E-state index is -0.404. The Morgan fingerprint density at radius 2 is 1.67 bits per heavy atom. The summed E-state index contributed by atoms with van der Waals surface area (Å²) in [6.07, 6.45) is 0. The van der Waals surface area contributed by atoms with E-state index >= 15 is 0 Å². The van der Waals surface area contributed by atoms with Crippen LogP contribution < -0.4 is 5.06 Å². The van der Waals surface area contributed by atoms with Crippen molar-refractivity contribution in [3.8, 4) is 11.1 Å². The summed E-state index contributed by atoms with van der Waals surface area (Å²) in [4.78, 5) is 11.0. The maximum atomic E-state index is 11.0. The molecule has 0 radical (unpaired) electrons. The van der Waals surface area contributed by atoms with Crippen molar-refractivity contribution in [1.29, 1.82) is 0 Å². The number of amides is 1. The van der Waals surface area contributed by atoms with Gasteiger partial charge >= 0.3 is 0 Å². The van der Waals surface area contributed by atoms with Crippen LogP contribution in [0.4, 0.5) is 5.69 Å². The van der Waals surface area contributed by atoms with Crippen LogP contribution in [0.25, 0.3) is 11.1 Å². The van der Waals surface area contributed by atoms with E-state index in [0.29, 0.717) is 10.8 Å². The molecule has 0 atom stereocenters. The Balaban J connectivity index is 2.34. The highest BCUT2D eigenvalue weighted by Crippen LogP contribution is 2.25. The molecule has 0 spiro atoms. The number of anilines is 1. The maximum absolute atomic E-state index is 11.0. The molecule has 0 aliphatic carbocycles. The van der Waals surface area contributed by atoms with E-state index in [1.165, 1.54) is 12.5 Å². The normalized spacial score (nSPS) is 10.2. The lowest BCUT2D eigenvalue weighted by Crippen LogP contribution is -2.23. The molecule has 2 rings (SSSR count). The Bertz CT molecular complexity index is 561. The summed E-state index contributed by atoms with van der Waals surface area (Å²) in [5, 5.41) is 10.1. The van der Waals surface area contributed by atoms with Crippen LogP contribution in [0.15, 0.2) is 48.5 Å². The standard InChI is InChI=1S/C15H15NO2/c1-11-5-3-4-6-15(11)13-7-9-14(10-8-13)16(18)12(2)17/h3-10,18H,1-2H3. The Morgan fingerprint density at radius 1 is 1.06 bits per heavy atom. The fraction of sp³-hybridized carbons (Fsp3) is 0.133. The molecule has 0 bridgehead atoms. The molecule has 18 heavy (non-hydrogen) atoms. The predicted molar refractivity (Wildman–Crippen MR) is 71.6 cm³/mol. The summed E-state index contributed by atoms with van der Waals surface area (Å²) in [7, 11) is 0. The van der Waals surface area contributed by atoms with Crippen molar-refractivity contribution in [3.63, 3.8) is 0 Å². The number of rotatable bonds is 2. The minimum Gasteiger partial charge on any atom is -0.281 e. The first-order valence-electron chi connectivity index (χ1n) is 5.75. The van der Waals surface area contributed by atoms with E-state index in [1.807, 2.05) is 30.3 Å². The molecule has 3 nitrogen and oxygen atoms in total. The van der Waals surface area contributed by atoms with Gasteiger partial charge in [0.15, 0.2) is 0 Å². The fourth-order valence-corrected chi connectivity index (χ4v) is 1.86. The highest BCUT2D eigenvalue weighted by atomic mass is 16.5. The SMILES string of the molecule is CC(=O)N(O)c1ccc(-c2ccccc2C)cc1. The Morgan fingerprint density at radius 3 is 2.22 bits per heavy atom. The van der Waals surface area contributed by atoms with Crippen LogP contribution in [0.5, 0.6) is 0 Å². The number of hydroxylamine groups is 1. The van der Waals surface area contributed by atoms with E-state index in [9.17, 15) is 10.0 Å². The summed E-state index contributed by atoms with van der Waals surface area (Å²) < 4.78 is 0. The van der Waals surface area contributed by atoms with Crippen LogP contribution in [-0.4, -0.2) is 11.1 Å². The van der Waals surface area contributed by atoms with Gasteiger partial charge in [-0.15, -0.1) is 0 Å². The molecular weight excluding hydrogens is 226 g/mol. The first-order valence-corrected chi connectivity index (χ1v) is 5.75. The molecule has 0 unspecified atom stereocenters. The van der Waals surface area contributed by atoms with Gasteiger partial charge in [-0.1, -0.05) is 36.4 Å². The van der Waals surface area contributed by atoms with E-state index < -0.39 is 5.91 Å². The summed E-state index contributed by atoms with van der Waals surface area (Å²) >= 11 is 0. The Labute approximate surface area is 106 Å². The molecule has 3 heteroatoms. The molecule has 1 amide bonds. The second-order valence-corrected chi connectivity index (χ2v) is 4.19. The molecule has 0 heterocycles. The number of nitrogens with zero attached hydrogens (tertiary/aromatic N) is 1. The van der Waals surface area contributed by atoms with Gasteiger partial charge in [0.05, 0.1) is 5.69 Å². The number of carbonyl (C=O) groups excluding carboxylic acids is 1. The Kier molecular flexibility index (Phi) is 3.44. The molecule has 0 aliphatic heterocycles. The second-order valence-electron chi connectivity index (χ2n) is 4.19. The molecular formula is C15H15NO2. The molecule has 0 fully saturated rings. The van der Waals surface area contributed by atoms with Gasteiger partial charge < -0.3 is 0 Å². The van der Waals surface area contributed by atoms with Gasteiger partial charge in [-0.05, 0) is 35.7 Å². The molecule has 0 aliphatic rings. The molecule has 2 aromatic carbocycles. The molecule has 92 valence electrons. The van der Waals surface area contributed by atoms with Crippen LogP contribution in [0.3, 0.4) is 0 Å². The van der Waals surface area contributed by atoms with Gasteiger partial charge in [-0.25, -0.2) is 0 Å². The summed E-state index contributed by atoms with van der Waals surface area (Å²) in [5.74, 6) is -0.404. The van der Waals surface area contributed by atoms with E-state index in [-0.39, 0.29) is 0 Å². The summed E-state index contributed by atoms with van der Waals surface area (Å²) in [6, 6.07) is 15.3. The minimum absolute atomic E-state index is 0.404. The molecule has 1 N–H and O–H groups in total. The lowest BCUT2D eigenvalue weighted by molar-refractivity contribution is -0.121. The number of aryl methyl sites for hydroxylation is 1. The highest BCUT2D eigenvalue weighted by molar-refractivity contribution is 5.89. The molecule has 0 aromatic heterocycles. The largest absolute Gasteiger partial charge is 0.281 e. The first-order chi connectivity index (χ1) is 8.59. The zero-order chi connectivity index (χ0) is 13.1. The maximum Gasteiger partial charge on any atom is 0.247 e. The van der Waals surface area contributed by atoms with Gasteiger partial charge in [0, 0.05) is 6.92 Å². The smallest absolute Gasteiger partial charge is 0.247 e. The van der Waals surface area contributed by atoms with Gasteiger partial charge in [0.25, 0.3) is 0 Å². The van der Waals surface area contributed by atoms with Crippen molar-refractivity contribution in [3.05, 3.63) is 54.1 Å². The van der Waals surface area contributed by atoms with Crippen molar-refractivity contribution >= 4 is 11.6 Å². The predicted octanol–water partition coefficient (Wildman–Crippen LogP) is 3.40. The van der Waals surface area contributed by atoms with Crippen molar-refractivity contribution in [2.24, 2.45) is 0 Å². The van der Waals surface area contributed by atoms with Crippen LogP contribution in [-0.2, 0) is 4.79 Å². The number of benzene rings is 2. The number of carbonyl (C=O) groups is 1. The molecule has 0 saturated heterocycles. The monoisotopic (exact) mass is 241 g/mol. The van der Waals surface area contributed by atoms with Gasteiger partial charge in [0.1, 0.15) is 0 Å². The van der Waals surface area contributed by atoms with E-state index in [0.717, 1.165) is 11.1 Å². The number of hydrogen-bond acceptors (Lipinski definition) is 2. The number of hydrogen-bond donors (Lipinski definition) is 1. The quantitative estimate of drug-likeness (QED) is 0.646. The third-order valence-corrected chi connectivity index (χ3v) is 2.87. The topological polar surface area (TPSA) is 40.5 Å². The van der Waals surface area contributed by atoms with Crippen LogP contribution in [0.2, 0.25) is 0 Å². The van der Waals surface area contributed by atoms with E-state index in [4.69, 9.17) is 0 Å². The first kappa shape index (κ1) is 12.3. The molecule has 2 aromatic rings. The van der Waals surface area contributed by atoms with E-state index in [2.05, 4.69) is 13.0 Å². The highest BCUT2D eigenvalue weighted by Gasteiger charge is 2.08. The third-order valence-electron chi connectivity index (χ3n) is 2.87. The van der Waals surface area contributed by atoms with Gasteiger partial charge in [0.2, 0.25) is 5.91 Å². The average molecular weight is 241 g/mol. The summed E-state index contributed by atoms with van der Waals surface area (Å²) in [6.45, 7) is 3.37. The Hall–Kier alpha value is -2.13. The lowest BCUT2D eigenvalue weighted by Gasteiger charge is -2.13. The third kappa shape index (κ3) is 2.41. The van der Waals surface area contributed by atoms with Crippen molar-refractivity contribution in [2.45, 2.75) is 13.8 Å². The zero-order valence-corrected chi connectivity index (χ0v) is 10.4. The fourth-order valence-electron chi connectivity index (χ4n) is 1.86. The summed E-state index contributed by atoms with van der Waals surface area (Å²) in [5.41, 5.74) is 3.88. The van der Waals surface area contributed by atoms with Crippen molar-refractivity contribution in [2.75, 3.05) is 5.06 Å². The van der Waals surface area contributed by atoms with Gasteiger partial charge in [-0.2, -0.15) is 5.06 Å². The van der Waals surface area contributed by atoms with Crippen LogP contribution in [0, 0.1) is 6.92 Å². The van der Waals surface area contributed by atoms with Crippen LogP contribution in [0.1, 0.15) is 12.5 Å². The van der Waals surface area contributed by atoms with Crippen molar-refractivity contribution < 1.29 is 10.0 Å². The van der Waals surface area contributed by atoms with Gasteiger partial charge in [-0.3, -0.25) is 10.0 Å². The van der Waals surface area contributed by atoms with E-state index in [1.54, 1.807) is 12.1 Å². The lowest BCUT2D eigenvalue weighted by atomic mass is 10.0. The molecule has 0 saturated carbocycles. The van der Waals surface area contributed by atoms with Crippen LogP contribution >= 0.6 is 0 Å².